The normalized spacial score (nSPS) is 13.6. The van der Waals surface area contributed by atoms with Gasteiger partial charge in [0.25, 0.3) is 0 Å². The molecule has 0 unspecified atom stereocenters. The molecule has 0 atom stereocenters. The third-order valence-corrected chi connectivity index (χ3v) is 17.3. The van der Waals surface area contributed by atoms with E-state index in [9.17, 15) is 0 Å². The highest BCUT2D eigenvalue weighted by atomic mass is 14.9. The molecule has 4 heterocycles. The largest absolute Gasteiger partial charge is 0.308 e. The van der Waals surface area contributed by atoms with Crippen molar-refractivity contribution in [2.45, 2.75) is 144 Å². The Bertz CT molecular complexity index is 4200. The summed E-state index contributed by atoms with van der Waals surface area (Å²) in [6, 6.07) is 53.7. The molecule has 0 aliphatic heterocycles. The van der Waals surface area contributed by atoms with Crippen LogP contribution < -0.4 is 0 Å². The van der Waals surface area contributed by atoms with Crippen LogP contribution in [0.15, 0.2) is 133 Å². The first kappa shape index (κ1) is 46.9. The molecule has 9 aromatic carbocycles. The lowest BCUT2D eigenvalue weighted by atomic mass is 9.80. The first-order valence-corrected chi connectivity index (χ1v) is 27.5. The summed E-state index contributed by atoms with van der Waals surface area (Å²) < 4.78 is 5.25. The van der Waals surface area contributed by atoms with Crippen molar-refractivity contribution < 1.29 is 0 Å². The van der Waals surface area contributed by atoms with E-state index in [1.165, 1.54) is 153 Å². The average Bonchev–Trinajstić information content (AvgIpc) is 4.07. The minimum Gasteiger partial charge on any atom is -0.308 e. The van der Waals surface area contributed by atoms with Crippen LogP contribution in [0.5, 0.6) is 0 Å². The fourth-order valence-electron chi connectivity index (χ4n) is 13.1. The van der Waals surface area contributed by atoms with Crippen LogP contribution in [-0.2, 0) is 21.7 Å². The summed E-state index contributed by atoms with van der Waals surface area (Å²) in [7, 11) is 0. The predicted octanol–water partition coefficient (Wildman–Crippen LogP) is 21.1. The fourth-order valence-corrected chi connectivity index (χ4v) is 13.1. The highest BCUT2D eigenvalue weighted by molar-refractivity contribution is 6.32. The van der Waals surface area contributed by atoms with Gasteiger partial charge in [-0.15, -0.1) is 0 Å². The number of hydrogen-bond donors (Lipinski definition) is 0. The third kappa shape index (κ3) is 6.61. The SMILES string of the molecule is CC(C)c1ccccc1-c1c2cc3c4cc(C(C)(C)C)cc5c6cc(C(C)(C)C)ccc6n(c3cc2c(-c2ccccc2C(C)C)c2cc3c6cc(C(C)(C)C)cc7c8cc(C(C)(C)C)ccc8n(c3cc12)c76)c54. The maximum atomic E-state index is 2.62. The van der Waals surface area contributed by atoms with Gasteiger partial charge in [0.15, 0.2) is 0 Å². The Balaban J connectivity index is 1.30. The zero-order valence-corrected chi connectivity index (χ0v) is 46.8. The molecule has 0 N–H and O–H groups in total. The second kappa shape index (κ2) is 15.3. The van der Waals surface area contributed by atoms with E-state index in [1.54, 1.807) is 0 Å². The summed E-state index contributed by atoms with van der Waals surface area (Å²) in [4.78, 5) is 0. The molecule has 2 nitrogen and oxygen atoms in total. The average molecular weight is 965 g/mol. The van der Waals surface area contributed by atoms with Gasteiger partial charge in [-0.3, -0.25) is 0 Å². The predicted molar refractivity (Wildman–Crippen MR) is 325 cm³/mol. The van der Waals surface area contributed by atoms with Crippen molar-refractivity contribution in [2.75, 3.05) is 0 Å². The number of benzene rings is 9. The molecule has 0 bridgehead atoms. The van der Waals surface area contributed by atoms with E-state index in [0.717, 1.165) is 0 Å². The summed E-state index contributed by atoms with van der Waals surface area (Å²) in [5, 5.41) is 15.9. The molecule has 0 saturated carbocycles. The Labute approximate surface area is 437 Å². The number of rotatable bonds is 4. The minimum absolute atomic E-state index is 0.0269. The summed E-state index contributed by atoms with van der Waals surface area (Å²) in [6.07, 6.45) is 0. The van der Waals surface area contributed by atoms with Crippen LogP contribution in [0, 0.1) is 0 Å². The first-order valence-electron chi connectivity index (χ1n) is 27.5. The highest BCUT2D eigenvalue weighted by Crippen LogP contribution is 2.53. The van der Waals surface area contributed by atoms with Crippen LogP contribution >= 0.6 is 0 Å². The molecule has 370 valence electrons. The van der Waals surface area contributed by atoms with Gasteiger partial charge in [-0.2, -0.15) is 0 Å². The van der Waals surface area contributed by atoms with Gasteiger partial charge < -0.3 is 8.80 Å². The summed E-state index contributed by atoms with van der Waals surface area (Å²) >= 11 is 0. The number of hydrogen-bond acceptors (Lipinski definition) is 0. The molecular weight excluding hydrogens is 893 g/mol. The lowest BCUT2D eigenvalue weighted by Crippen LogP contribution is -2.11. The second-order valence-corrected chi connectivity index (χ2v) is 27.0. The van der Waals surface area contributed by atoms with E-state index in [-0.39, 0.29) is 21.7 Å². The Hall–Kier alpha value is -6.90. The van der Waals surface area contributed by atoms with Gasteiger partial charge in [0.1, 0.15) is 0 Å². The van der Waals surface area contributed by atoms with Crippen LogP contribution in [0.4, 0.5) is 0 Å². The Morgan fingerprint density at radius 1 is 0.284 bits per heavy atom. The van der Waals surface area contributed by atoms with Crippen molar-refractivity contribution in [1.82, 2.24) is 8.80 Å². The number of fused-ring (bicyclic) bond motifs is 14. The van der Waals surface area contributed by atoms with Crippen LogP contribution in [0.25, 0.3) is 120 Å². The molecule has 0 amide bonds. The summed E-state index contributed by atoms with van der Waals surface area (Å²) in [5.74, 6) is 0.639. The molecule has 0 saturated heterocycles. The van der Waals surface area contributed by atoms with Gasteiger partial charge in [-0.05, 0) is 183 Å². The van der Waals surface area contributed by atoms with Gasteiger partial charge in [0, 0.05) is 43.1 Å². The van der Waals surface area contributed by atoms with Gasteiger partial charge in [0.05, 0.1) is 33.1 Å². The van der Waals surface area contributed by atoms with E-state index in [2.05, 4.69) is 253 Å². The van der Waals surface area contributed by atoms with Gasteiger partial charge in [-0.25, -0.2) is 0 Å². The van der Waals surface area contributed by atoms with Crippen molar-refractivity contribution in [3.8, 4) is 22.3 Å². The lowest BCUT2D eigenvalue weighted by molar-refractivity contribution is 0.590. The molecule has 74 heavy (non-hydrogen) atoms. The van der Waals surface area contributed by atoms with Crippen molar-refractivity contribution in [3.63, 3.8) is 0 Å². The number of aromatic nitrogens is 2. The summed E-state index contributed by atoms with van der Waals surface area (Å²) in [6.45, 7) is 37.7. The van der Waals surface area contributed by atoms with Crippen molar-refractivity contribution >= 4 is 97.7 Å². The zero-order valence-electron chi connectivity index (χ0n) is 46.8. The van der Waals surface area contributed by atoms with Crippen LogP contribution in [0.2, 0.25) is 0 Å². The minimum atomic E-state index is -0.0420. The Kier molecular flexibility index (Phi) is 9.72. The van der Waals surface area contributed by atoms with Gasteiger partial charge in [0.2, 0.25) is 0 Å². The van der Waals surface area contributed by atoms with E-state index < -0.39 is 0 Å². The van der Waals surface area contributed by atoms with E-state index in [4.69, 9.17) is 0 Å². The van der Waals surface area contributed by atoms with Crippen LogP contribution in [0.3, 0.4) is 0 Å². The third-order valence-electron chi connectivity index (χ3n) is 17.3. The molecule has 0 aliphatic carbocycles. The van der Waals surface area contributed by atoms with Crippen molar-refractivity contribution in [3.05, 3.63) is 167 Å². The monoisotopic (exact) mass is 965 g/mol. The Morgan fingerprint density at radius 3 is 0.905 bits per heavy atom. The maximum absolute atomic E-state index is 2.62. The standard InChI is InChI=1S/C72H72N2/c1-39(2)45-21-17-19-23-47(45)65-53-35-51-59-33-43(71(11,12)13)31-57-50-30-42(70(8,9)10)26-28-62(50)74(67(57)59)64(51)38-56(53)66(48-24-20-18-22-46(48)40(3)4)54-36-52-60-34-44(72(14,15)16)32-58-49-29-41(69(5,6)7)25-27-61(49)73(68(58)60)63(52)37-55(54)65/h17-40H,1-16H3. The van der Waals surface area contributed by atoms with Gasteiger partial charge in [-0.1, -0.05) is 171 Å². The molecule has 13 rings (SSSR count). The van der Waals surface area contributed by atoms with Crippen LogP contribution in [-0.4, -0.2) is 8.80 Å². The fraction of sp³-hybridized carbons (Fsp3) is 0.306. The molecule has 2 heteroatoms. The van der Waals surface area contributed by atoms with E-state index in [0.29, 0.717) is 11.8 Å². The van der Waals surface area contributed by atoms with Crippen LogP contribution in [0.1, 0.15) is 156 Å². The molecule has 0 radical (unpaired) electrons. The van der Waals surface area contributed by atoms with Gasteiger partial charge >= 0.3 is 0 Å². The maximum Gasteiger partial charge on any atom is 0.0620 e. The second-order valence-electron chi connectivity index (χ2n) is 27.0. The molecular formula is C72H72N2. The summed E-state index contributed by atoms with van der Waals surface area (Å²) in [5.41, 5.74) is 21.2. The molecule has 0 fully saturated rings. The van der Waals surface area contributed by atoms with E-state index in [1.807, 2.05) is 0 Å². The van der Waals surface area contributed by atoms with E-state index >= 15 is 0 Å². The molecule has 0 spiro atoms. The van der Waals surface area contributed by atoms with Crippen molar-refractivity contribution in [2.24, 2.45) is 0 Å². The molecule has 13 aromatic rings. The topological polar surface area (TPSA) is 8.82 Å². The smallest absolute Gasteiger partial charge is 0.0620 e. The quantitative estimate of drug-likeness (QED) is 0.155. The zero-order chi connectivity index (χ0) is 52.0. The Morgan fingerprint density at radius 2 is 0.581 bits per heavy atom. The highest BCUT2D eigenvalue weighted by Gasteiger charge is 2.30. The van der Waals surface area contributed by atoms with Crippen molar-refractivity contribution in [1.29, 1.82) is 0 Å². The lowest BCUT2D eigenvalue weighted by Gasteiger charge is -2.23. The first-order chi connectivity index (χ1) is 34.9. The molecule has 0 aliphatic rings. The number of nitrogens with zero attached hydrogens (tertiary/aromatic N) is 2. The molecule has 4 aromatic heterocycles.